The predicted octanol–water partition coefficient (Wildman–Crippen LogP) is 4.00. The van der Waals surface area contributed by atoms with Gasteiger partial charge < -0.3 is 0 Å². The molecule has 94 valence electrons. The summed E-state index contributed by atoms with van der Waals surface area (Å²) in [7, 11) is 0. The van der Waals surface area contributed by atoms with Gasteiger partial charge in [-0.3, -0.25) is 0 Å². The van der Waals surface area contributed by atoms with Gasteiger partial charge in [0, 0.05) is 18.3 Å². The molecule has 2 aromatic carbocycles. The molecule has 1 aliphatic carbocycles. The third kappa shape index (κ3) is 1.82. The maximum absolute atomic E-state index is 14.1. The van der Waals surface area contributed by atoms with Crippen LogP contribution in [-0.4, -0.2) is 5.67 Å². The first-order valence-electron chi connectivity index (χ1n) is 6.40. The van der Waals surface area contributed by atoms with Crippen molar-refractivity contribution in [3.8, 4) is 6.07 Å². The molecule has 0 saturated heterocycles. The molecule has 0 atom stereocenters. The normalized spacial score (nSPS) is 19.2. The highest BCUT2D eigenvalue weighted by Crippen LogP contribution is 2.55. The van der Waals surface area contributed by atoms with E-state index in [-0.39, 0.29) is 18.3 Å². The van der Waals surface area contributed by atoms with E-state index in [1.165, 1.54) is 0 Å². The maximum atomic E-state index is 14.1. The number of hydrogen-bond donors (Lipinski definition) is 0. The van der Waals surface area contributed by atoms with Gasteiger partial charge in [0.2, 0.25) is 0 Å². The zero-order valence-corrected chi connectivity index (χ0v) is 10.5. The lowest BCUT2D eigenvalue weighted by molar-refractivity contribution is 0.0548. The molecule has 0 amide bonds. The highest BCUT2D eigenvalue weighted by atomic mass is 19.1. The molecule has 1 saturated carbocycles. The summed E-state index contributed by atoms with van der Waals surface area (Å²) in [4.78, 5) is 0. The lowest BCUT2D eigenvalue weighted by Gasteiger charge is -2.49. The average molecular weight is 251 g/mol. The highest BCUT2D eigenvalue weighted by Gasteiger charge is 2.57. The molecule has 2 aromatic rings. The summed E-state index contributed by atoms with van der Waals surface area (Å²) in [5, 5.41) is 8.95. The minimum atomic E-state index is -1.69. The van der Waals surface area contributed by atoms with E-state index in [0.717, 1.165) is 11.1 Å². The number of nitriles is 1. The van der Waals surface area contributed by atoms with E-state index in [1.807, 2.05) is 60.7 Å². The van der Waals surface area contributed by atoms with Crippen molar-refractivity contribution in [2.75, 3.05) is 0 Å². The van der Waals surface area contributed by atoms with Crippen molar-refractivity contribution < 1.29 is 4.39 Å². The quantitative estimate of drug-likeness (QED) is 0.791. The molecule has 0 spiro atoms. The molecule has 2 heteroatoms. The minimum absolute atomic E-state index is 0.241. The van der Waals surface area contributed by atoms with Crippen LogP contribution in [0.1, 0.15) is 24.0 Å². The Hall–Kier alpha value is -2.14. The monoisotopic (exact) mass is 251 g/mol. The van der Waals surface area contributed by atoms with E-state index in [1.54, 1.807) is 6.07 Å². The van der Waals surface area contributed by atoms with Crippen molar-refractivity contribution in [1.29, 1.82) is 5.26 Å². The smallest absolute Gasteiger partial charge is 0.198 e. The molecular formula is C17H14FN. The second kappa shape index (κ2) is 4.20. The van der Waals surface area contributed by atoms with E-state index in [2.05, 4.69) is 0 Å². The molecule has 0 bridgehead atoms. The van der Waals surface area contributed by atoms with Gasteiger partial charge in [0.1, 0.15) is 6.07 Å². The summed E-state index contributed by atoms with van der Waals surface area (Å²) in [6, 6.07) is 21.6. The van der Waals surface area contributed by atoms with E-state index in [4.69, 9.17) is 5.26 Å². The van der Waals surface area contributed by atoms with Gasteiger partial charge in [-0.1, -0.05) is 60.7 Å². The molecule has 1 fully saturated rings. The van der Waals surface area contributed by atoms with Gasteiger partial charge in [-0.05, 0) is 11.1 Å². The second-order valence-electron chi connectivity index (χ2n) is 5.24. The van der Waals surface area contributed by atoms with Crippen molar-refractivity contribution in [2.45, 2.75) is 23.9 Å². The summed E-state index contributed by atoms with van der Waals surface area (Å²) in [5.74, 6) is 0. The number of nitrogens with zero attached hydrogens (tertiary/aromatic N) is 1. The van der Waals surface area contributed by atoms with Gasteiger partial charge in [-0.15, -0.1) is 0 Å². The lowest BCUT2D eigenvalue weighted by Crippen LogP contribution is -2.51. The topological polar surface area (TPSA) is 23.8 Å². The van der Waals surface area contributed by atoms with E-state index >= 15 is 0 Å². The first kappa shape index (κ1) is 11.9. The lowest BCUT2D eigenvalue weighted by atomic mass is 9.54. The summed E-state index contributed by atoms with van der Waals surface area (Å²) in [6.45, 7) is 0. The molecule has 1 aliphatic rings. The van der Waals surface area contributed by atoms with Crippen LogP contribution in [0.4, 0.5) is 4.39 Å². The number of halogens is 1. The SMILES string of the molecule is N#CC1(F)CC(c2ccccc2)(c2ccccc2)C1. The van der Waals surface area contributed by atoms with Crippen LogP contribution in [-0.2, 0) is 5.41 Å². The first-order chi connectivity index (χ1) is 9.19. The maximum Gasteiger partial charge on any atom is 0.198 e. The molecule has 0 radical (unpaired) electrons. The molecule has 0 aromatic heterocycles. The fourth-order valence-electron chi connectivity index (χ4n) is 3.07. The minimum Gasteiger partial charge on any atom is -0.227 e. The van der Waals surface area contributed by atoms with Gasteiger partial charge in [0.25, 0.3) is 0 Å². The Morgan fingerprint density at radius 2 is 1.26 bits per heavy atom. The second-order valence-corrected chi connectivity index (χ2v) is 5.24. The third-order valence-electron chi connectivity index (χ3n) is 4.02. The van der Waals surface area contributed by atoms with Crippen LogP contribution in [0.2, 0.25) is 0 Å². The van der Waals surface area contributed by atoms with Crippen molar-refractivity contribution in [3.05, 3.63) is 71.8 Å². The summed E-state index contributed by atoms with van der Waals surface area (Å²) in [5.41, 5.74) is 0.132. The fourth-order valence-corrected chi connectivity index (χ4v) is 3.07. The van der Waals surface area contributed by atoms with Crippen molar-refractivity contribution >= 4 is 0 Å². The number of rotatable bonds is 2. The zero-order chi connectivity index (χ0) is 13.3. The Morgan fingerprint density at radius 1 is 0.842 bits per heavy atom. The van der Waals surface area contributed by atoms with E-state index < -0.39 is 5.67 Å². The first-order valence-corrected chi connectivity index (χ1v) is 6.40. The van der Waals surface area contributed by atoms with Crippen LogP contribution >= 0.6 is 0 Å². The average Bonchev–Trinajstić information content (AvgIpc) is 2.45. The fraction of sp³-hybridized carbons (Fsp3) is 0.235. The van der Waals surface area contributed by atoms with E-state index in [0.29, 0.717) is 0 Å². The molecule has 0 aliphatic heterocycles. The van der Waals surface area contributed by atoms with Gasteiger partial charge in [0.05, 0.1) is 0 Å². The van der Waals surface area contributed by atoms with Crippen LogP contribution in [0, 0.1) is 11.3 Å². The van der Waals surface area contributed by atoms with Gasteiger partial charge >= 0.3 is 0 Å². The Bertz CT molecular complexity index is 565. The third-order valence-corrected chi connectivity index (χ3v) is 4.02. The van der Waals surface area contributed by atoms with Gasteiger partial charge in [0.15, 0.2) is 5.67 Å². The molecule has 1 nitrogen and oxygen atoms in total. The predicted molar refractivity (Wildman–Crippen MR) is 72.4 cm³/mol. The largest absolute Gasteiger partial charge is 0.227 e. The Morgan fingerprint density at radius 3 is 1.63 bits per heavy atom. The van der Waals surface area contributed by atoms with Crippen LogP contribution in [0.15, 0.2) is 60.7 Å². The number of benzene rings is 2. The summed E-state index contributed by atoms with van der Waals surface area (Å²) in [6.07, 6.45) is 0.481. The molecule has 0 heterocycles. The van der Waals surface area contributed by atoms with Gasteiger partial charge in [-0.25, -0.2) is 4.39 Å². The van der Waals surface area contributed by atoms with Crippen LogP contribution in [0.25, 0.3) is 0 Å². The van der Waals surface area contributed by atoms with Crippen molar-refractivity contribution in [1.82, 2.24) is 0 Å². The zero-order valence-electron chi connectivity index (χ0n) is 10.5. The van der Waals surface area contributed by atoms with Crippen LogP contribution in [0.5, 0.6) is 0 Å². The van der Waals surface area contributed by atoms with Crippen LogP contribution in [0.3, 0.4) is 0 Å². The van der Waals surface area contributed by atoms with Crippen LogP contribution < -0.4 is 0 Å². The summed E-state index contributed by atoms with van der Waals surface area (Å²) < 4.78 is 14.1. The van der Waals surface area contributed by atoms with E-state index in [9.17, 15) is 4.39 Å². The molecule has 0 unspecified atom stereocenters. The number of alkyl halides is 1. The van der Waals surface area contributed by atoms with Crippen molar-refractivity contribution in [2.24, 2.45) is 0 Å². The molecular weight excluding hydrogens is 237 g/mol. The Labute approximate surface area is 112 Å². The molecule has 0 N–H and O–H groups in total. The molecule has 3 rings (SSSR count). The Balaban J connectivity index is 2.08. The Kier molecular flexibility index (Phi) is 2.64. The molecule has 19 heavy (non-hydrogen) atoms. The van der Waals surface area contributed by atoms with Gasteiger partial charge in [-0.2, -0.15) is 5.26 Å². The standard InChI is InChI=1S/C17H14FN/c18-16(13-19)11-17(12-16,14-7-3-1-4-8-14)15-9-5-2-6-10-15/h1-10H,11-12H2. The summed E-state index contributed by atoms with van der Waals surface area (Å²) >= 11 is 0. The van der Waals surface area contributed by atoms with Crippen molar-refractivity contribution in [3.63, 3.8) is 0 Å². The highest BCUT2D eigenvalue weighted by molar-refractivity contribution is 5.46. The number of hydrogen-bond acceptors (Lipinski definition) is 1.